The summed E-state index contributed by atoms with van der Waals surface area (Å²) >= 11 is 1.03. The Kier molecular flexibility index (Phi) is 5.70. The van der Waals surface area contributed by atoms with Gasteiger partial charge >= 0.3 is 6.18 Å². The number of aliphatic hydroxyl groups is 1. The minimum absolute atomic E-state index is 0.0184. The molecule has 108 valence electrons. The normalized spacial score (nSPS) is 15.6. The summed E-state index contributed by atoms with van der Waals surface area (Å²) in [5, 5.41) is 9.45. The Morgan fingerprint density at radius 2 is 1.84 bits per heavy atom. The third-order valence-electron chi connectivity index (χ3n) is 2.73. The molecule has 2 unspecified atom stereocenters. The zero-order chi connectivity index (χ0) is 14.6. The third kappa shape index (κ3) is 4.40. The van der Waals surface area contributed by atoms with Gasteiger partial charge in [0.05, 0.1) is 11.7 Å². The Hall–Kier alpha value is -0.720. The first kappa shape index (κ1) is 16.3. The Labute approximate surface area is 115 Å². The van der Waals surface area contributed by atoms with Crippen LogP contribution in [-0.2, 0) is 6.18 Å². The molecule has 1 aromatic carbocycles. The van der Waals surface area contributed by atoms with Gasteiger partial charge in [0.25, 0.3) is 0 Å². The fraction of sp³-hybridized carbons (Fsp3) is 0.538. The first-order valence-electron chi connectivity index (χ1n) is 5.98. The van der Waals surface area contributed by atoms with E-state index < -0.39 is 17.8 Å². The predicted molar refractivity (Wildman–Crippen MR) is 71.0 cm³/mol. The molecule has 6 heteroatoms. The molecule has 0 heterocycles. The van der Waals surface area contributed by atoms with E-state index in [1.165, 1.54) is 12.1 Å². The second-order valence-corrected chi connectivity index (χ2v) is 5.84. The van der Waals surface area contributed by atoms with Crippen LogP contribution in [0, 0.1) is 5.92 Å². The Balaban J connectivity index is 3.04. The number of rotatable bonds is 5. The Morgan fingerprint density at radius 3 is 2.32 bits per heavy atom. The van der Waals surface area contributed by atoms with Gasteiger partial charge in [-0.15, -0.1) is 11.8 Å². The van der Waals surface area contributed by atoms with Crippen LogP contribution >= 0.6 is 11.8 Å². The summed E-state index contributed by atoms with van der Waals surface area (Å²) in [6.07, 6.45) is -5.22. The molecule has 1 aromatic rings. The van der Waals surface area contributed by atoms with Crippen molar-refractivity contribution in [1.82, 2.24) is 0 Å². The maximum absolute atomic E-state index is 12.9. The largest absolute Gasteiger partial charge is 0.417 e. The minimum Gasteiger partial charge on any atom is -0.391 e. The number of hydrogen-bond donors (Lipinski definition) is 2. The molecule has 0 aliphatic carbocycles. The van der Waals surface area contributed by atoms with E-state index >= 15 is 0 Å². The van der Waals surface area contributed by atoms with Crippen molar-refractivity contribution in [3.8, 4) is 0 Å². The van der Waals surface area contributed by atoms with Gasteiger partial charge < -0.3 is 10.8 Å². The van der Waals surface area contributed by atoms with E-state index in [4.69, 9.17) is 5.73 Å². The molecule has 0 saturated carbocycles. The average molecular weight is 293 g/mol. The Morgan fingerprint density at radius 1 is 1.26 bits per heavy atom. The summed E-state index contributed by atoms with van der Waals surface area (Å²) in [5.41, 5.74) is 4.73. The van der Waals surface area contributed by atoms with Crippen LogP contribution in [0.4, 0.5) is 13.2 Å². The van der Waals surface area contributed by atoms with Gasteiger partial charge in [-0.1, -0.05) is 26.0 Å². The van der Waals surface area contributed by atoms with E-state index in [0.29, 0.717) is 0 Å². The number of halogens is 3. The highest BCUT2D eigenvalue weighted by Gasteiger charge is 2.34. The summed E-state index contributed by atoms with van der Waals surface area (Å²) < 4.78 is 38.6. The van der Waals surface area contributed by atoms with Gasteiger partial charge in [-0.25, -0.2) is 0 Å². The molecular formula is C13H18F3NOS. The lowest BCUT2D eigenvalue weighted by Crippen LogP contribution is -2.34. The standard InChI is InChI=1S/C13H18F3NOS/c1-8(2)12(10(18)7-17)19-11-6-4-3-5-9(11)13(14,15)16/h3-6,8,10,12,18H,7,17H2,1-2H3. The van der Waals surface area contributed by atoms with Gasteiger partial charge in [-0.05, 0) is 18.1 Å². The molecule has 19 heavy (non-hydrogen) atoms. The highest BCUT2D eigenvalue weighted by atomic mass is 32.2. The second-order valence-electron chi connectivity index (χ2n) is 4.62. The van der Waals surface area contributed by atoms with Crippen LogP contribution in [0.2, 0.25) is 0 Å². The molecule has 0 amide bonds. The van der Waals surface area contributed by atoms with E-state index in [1.54, 1.807) is 6.07 Å². The second kappa shape index (κ2) is 6.63. The molecule has 0 bridgehead atoms. The van der Waals surface area contributed by atoms with Crippen molar-refractivity contribution in [2.45, 2.75) is 36.3 Å². The smallest absolute Gasteiger partial charge is 0.391 e. The fourth-order valence-electron chi connectivity index (χ4n) is 1.74. The predicted octanol–water partition coefficient (Wildman–Crippen LogP) is 3.14. The van der Waals surface area contributed by atoms with Crippen molar-refractivity contribution >= 4 is 11.8 Å². The van der Waals surface area contributed by atoms with E-state index in [1.807, 2.05) is 13.8 Å². The maximum Gasteiger partial charge on any atom is 0.417 e. The molecule has 0 aromatic heterocycles. The van der Waals surface area contributed by atoms with Crippen molar-refractivity contribution in [3.05, 3.63) is 29.8 Å². The van der Waals surface area contributed by atoms with Crippen LogP contribution in [0.5, 0.6) is 0 Å². The molecule has 0 aliphatic heterocycles. The highest BCUT2D eigenvalue weighted by Crippen LogP contribution is 2.39. The number of hydrogen-bond acceptors (Lipinski definition) is 3. The molecule has 2 nitrogen and oxygen atoms in total. The van der Waals surface area contributed by atoms with Crippen molar-refractivity contribution in [3.63, 3.8) is 0 Å². The van der Waals surface area contributed by atoms with Crippen LogP contribution in [0.25, 0.3) is 0 Å². The van der Waals surface area contributed by atoms with Crippen molar-refractivity contribution in [2.24, 2.45) is 11.7 Å². The lowest BCUT2D eigenvalue weighted by atomic mass is 10.1. The van der Waals surface area contributed by atoms with Crippen molar-refractivity contribution < 1.29 is 18.3 Å². The first-order chi connectivity index (χ1) is 8.77. The summed E-state index contributed by atoms with van der Waals surface area (Å²) in [6.45, 7) is 3.74. The summed E-state index contributed by atoms with van der Waals surface area (Å²) in [7, 11) is 0. The van der Waals surface area contributed by atoms with Gasteiger partial charge in [-0.3, -0.25) is 0 Å². The lowest BCUT2D eigenvalue weighted by Gasteiger charge is -2.26. The maximum atomic E-state index is 12.9. The first-order valence-corrected chi connectivity index (χ1v) is 6.86. The minimum atomic E-state index is -4.39. The molecule has 0 saturated heterocycles. The van der Waals surface area contributed by atoms with Gasteiger partial charge in [0.15, 0.2) is 0 Å². The monoisotopic (exact) mass is 293 g/mol. The molecule has 2 atom stereocenters. The SMILES string of the molecule is CC(C)C(Sc1ccccc1C(F)(F)F)C(O)CN. The van der Waals surface area contributed by atoms with Crippen LogP contribution in [0.1, 0.15) is 19.4 Å². The third-order valence-corrected chi connectivity index (χ3v) is 4.47. The molecule has 0 fully saturated rings. The van der Waals surface area contributed by atoms with Crippen molar-refractivity contribution in [2.75, 3.05) is 6.54 Å². The van der Waals surface area contributed by atoms with Gasteiger partial charge in [0.2, 0.25) is 0 Å². The van der Waals surface area contributed by atoms with Gasteiger partial charge in [-0.2, -0.15) is 13.2 Å². The van der Waals surface area contributed by atoms with E-state index in [9.17, 15) is 18.3 Å². The van der Waals surface area contributed by atoms with Crippen LogP contribution in [0.15, 0.2) is 29.2 Å². The molecule has 0 spiro atoms. The van der Waals surface area contributed by atoms with Crippen LogP contribution in [0.3, 0.4) is 0 Å². The summed E-state index contributed by atoms with van der Waals surface area (Å²) in [5.74, 6) is 0.0184. The highest BCUT2D eigenvalue weighted by molar-refractivity contribution is 8.00. The summed E-state index contributed by atoms with van der Waals surface area (Å²) in [6, 6.07) is 5.39. The van der Waals surface area contributed by atoms with Gasteiger partial charge in [0.1, 0.15) is 0 Å². The molecular weight excluding hydrogens is 275 g/mol. The topological polar surface area (TPSA) is 46.2 Å². The van der Waals surface area contributed by atoms with Crippen LogP contribution < -0.4 is 5.73 Å². The number of benzene rings is 1. The van der Waals surface area contributed by atoms with E-state index in [2.05, 4.69) is 0 Å². The fourth-order valence-corrected chi connectivity index (χ4v) is 3.04. The molecule has 1 rings (SSSR count). The molecule has 3 N–H and O–H groups in total. The van der Waals surface area contributed by atoms with E-state index in [-0.39, 0.29) is 22.6 Å². The molecule has 0 aliphatic rings. The average Bonchev–Trinajstić information content (AvgIpc) is 2.34. The number of thioether (sulfide) groups is 1. The number of alkyl halides is 3. The lowest BCUT2D eigenvalue weighted by molar-refractivity contribution is -0.139. The van der Waals surface area contributed by atoms with Crippen molar-refractivity contribution in [1.29, 1.82) is 0 Å². The zero-order valence-electron chi connectivity index (χ0n) is 10.8. The Bertz CT molecular complexity index is 409. The number of aliphatic hydroxyl groups excluding tert-OH is 1. The van der Waals surface area contributed by atoms with Gasteiger partial charge in [0, 0.05) is 16.7 Å². The van der Waals surface area contributed by atoms with Crippen LogP contribution in [-0.4, -0.2) is 23.0 Å². The summed E-state index contributed by atoms with van der Waals surface area (Å²) in [4.78, 5) is 0.126. The molecule has 0 radical (unpaired) electrons. The number of nitrogens with two attached hydrogens (primary N) is 1. The zero-order valence-corrected chi connectivity index (χ0v) is 11.6. The van der Waals surface area contributed by atoms with E-state index in [0.717, 1.165) is 17.8 Å². The quantitative estimate of drug-likeness (QED) is 0.820.